The summed E-state index contributed by atoms with van der Waals surface area (Å²) in [6.45, 7) is 0.107. The largest absolute Gasteiger partial charge is 0.508 e. The molecule has 0 saturated heterocycles. The molecule has 0 spiro atoms. The van der Waals surface area contributed by atoms with E-state index < -0.39 is 60.2 Å². The first-order valence-electron chi connectivity index (χ1n) is 11.5. The highest BCUT2D eigenvalue weighted by Gasteiger charge is 2.30. The SMILES string of the molecule is NC(=O)CC(NC(=O)C(CCCN=C(N)N)NC(=O)C(Cc1ccc(O)cc1)NC(=O)C(N)CS)C(=O)O. The maximum absolute atomic E-state index is 13.2. The van der Waals surface area contributed by atoms with Gasteiger partial charge in [-0.05, 0) is 30.5 Å². The van der Waals surface area contributed by atoms with Crippen LogP contribution < -0.4 is 38.9 Å². The summed E-state index contributed by atoms with van der Waals surface area (Å²) in [4.78, 5) is 65.1. The van der Waals surface area contributed by atoms with Gasteiger partial charge in [-0.1, -0.05) is 12.1 Å². The highest BCUT2D eigenvalue weighted by atomic mass is 32.1. The van der Waals surface area contributed by atoms with Gasteiger partial charge in [-0.3, -0.25) is 24.2 Å². The van der Waals surface area contributed by atoms with Gasteiger partial charge in [-0.15, -0.1) is 0 Å². The number of aliphatic carboxylic acids is 1. The molecule has 4 atom stereocenters. The molecule has 0 saturated carbocycles. The Hall–Kier alpha value is -4.05. The monoisotopic (exact) mass is 554 g/mol. The lowest BCUT2D eigenvalue weighted by Gasteiger charge is -2.25. The van der Waals surface area contributed by atoms with Crippen molar-refractivity contribution in [3.05, 3.63) is 29.8 Å². The summed E-state index contributed by atoms with van der Waals surface area (Å²) in [6.07, 6.45) is -0.508. The highest BCUT2D eigenvalue weighted by molar-refractivity contribution is 7.80. The molecule has 0 aliphatic rings. The number of aliphatic imine (C=N–C) groups is 1. The Kier molecular flexibility index (Phi) is 13.4. The minimum Gasteiger partial charge on any atom is -0.508 e. The van der Waals surface area contributed by atoms with Gasteiger partial charge >= 0.3 is 5.97 Å². The number of phenolic OH excluding ortho intramolecular Hbond substituents is 1. The second-order valence-electron chi connectivity index (χ2n) is 8.30. The summed E-state index contributed by atoms with van der Waals surface area (Å²) in [7, 11) is 0. The Morgan fingerprint density at radius 1 is 0.895 bits per heavy atom. The van der Waals surface area contributed by atoms with Crippen LogP contribution in [0, 0.1) is 0 Å². The van der Waals surface area contributed by atoms with Gasteiger partial charge in [0, 0.05) is 18.7 Å². The standard InChI is InChI=1S/C22H34N8O7S/c23-13(10-38)18(33)29-15(8-11-3-5-12(31)6-4-11)20(35)28-14(2-1-7-27-22(25)26)19(34)30-16(21(36)37)9-17(24)32/h3-6,13-16,31,38H,1-2,7-10,23H2,(H2,24,32)(H,28,35)(H,29,33)(H,30,34)(H,36,37)(H4,25,26,27). The number of amides is 4. The smallest absolute Gasteiger partial charge is 0.326 e. The Balaban J connectivity index is 3.16. The fourth-order valence-electron chi connectivity index (χ4n) is 3.16. The fourth-order valence-corrected chi connectivity index (χ4v) is 3.32. The minimum atomic E-state index is -1.63. The van der Waals surface area contributed by atoms with E-state index in [2.05, 4.69) is 33.6 Å². The van der Waals surface area contributed by atoms with E-state index in [9.17, 15) is 34.2 Å². The van der Waals surface area contributed by atoms with Gasteiger partial charge in [0.05, 0.1) is 12.5 Å². The molecule has 1 rings (SSSR count). The summed E-state index contributed by atoms with van der Waals surface area (Å²) < 4.78 is 0. The highest BCUT2D eigenvalue weighted by Crippen LogP contribution is 2.12. The molecule has 0 heterocycles. The van der Waals surface area contributed by atoms with E-state index in [4.69, 9.17) is 22.9 Å². The van der Waals surface area contributed by atoms with Gasteiger partial charge in [0.2, 0.25) is 23.6 Å². The quantitative estimate of drug-likeness (QED) is 0.0419. The molecule has 0 aliphatic heterocycles. The zero-order valence-electron chi connectivity index (χ0n) is 20.5. The van der Waals surface area contributed by atoms with E-state index >= 15 is 0 Å². The summed E-state index contributed by atoms with van der Waals surface area (Å²) in [5.74, 6) is -4.98. The lowest BCUT2D eigenvalue weighted by molar-refractivity contribution is -0.143. The van der Waals surface area contributed by atoms with Crippen LogP contribution in [0.15, 0.2) is 29.3 Å². The van der Waals surface area contributed by atoms with Crippen LogP contribution in [0.25, 0.3) is 0 Å². The molecular weight excluding hydrogens is 520 g/mol. The van der Waals surface area contributed by atoms with Crippen LogP contribution in [0.4, 0.5) is 0 Å². The van der Waals surface area contributed by atoms with Crippen molar-refractivity contribution in [2.45, 2.75) is 49.9 Å². The summed E-state index contributed by atoms with van der Waals surface area (Å²) >= 11 is 3.98. The van der Waals surface area contributed by atoms with Crippen LogP contribution >= 0.6 is 12.6 Å². The van der Waals surface area contributed by atoms with Crippen molar-refractivity contribution in [1.82, 2.24) is 16.0 Å². The van der Waals surface area contributed by atoms with E-state index in [0.29, 0.717) is 5.56 Å². The number of aromatic hydroxyl groups is 1. The number of benzene rings is 1. The van der Waals surface area contributed by atoms with Crippen LogP contribution in [0.1, 0.15) is 24.8 Å². The van der Waals surface area contributed by atoms with Crippen molar-refractivity contribution in [1.29, 1.82) is 0 Å². The van der Waals surface area contributed by atoms with Gasteiger partial charge in [-0.2, -0.15) is 12.6 Å². The number of carbonyl (C=O) groups excluding carboxylic acids is 4. The fraction of sp³-hybridized carbons (Fsp3) is 0.455. The lowest BCUT2D eigenvalue weighted by atomic mass is 10.0. The third-order valence-corrected chi connectivity index (χ3v) is 5.53. The molecule has 0 bridgehead atoms. The predicted octanol–water partition coefficient (Wildman–Crippen LogP) is -3.34. The summed E-state index contributed by atoms with van der Waals surface area (Å²) in [6, 6.07) is 0.750. The Bertz CT molecular complexity index is 1020. The lowest BCUT2D eigenvalue weighted by Crippen LogP contribution is -2.58. The van der Waals surface area contributed by atoms with Crippen LogP contribution in [-0.4, -0.2) is 82.2 Å². The van der Waals surface area contributed by atoms with E-state index in [1.165, 1.54) is 12.1 Å². The van der Waals surface area contributed by atoms with E-state index in [1.807, 2.05) is 0 Å². The number of hydrogen-bond acceptors (Lipinski definition) is 9. The van der Waals surface area contributed by atoms with Gasteiger partial charge in [0.15, 0.2) is 5.96 Å². The number of thiol groups is 1. The number of nitrogens with two attached hydrogens (primary N) is 4. The van der Waals surface area contributed by atoms with Crippen molar-refractivity contribution in [2.75, 3.05) is 12.3 Å². The normalized spacial score (nSPS) is 13.7. The predicted molar refractivity (Wildman–Crippen MR) is 141 cm³/mol. The molecule has 4 amide bonds. The van der Waals surface area contributed by atoms with Crippen molar-refractivity contribution in [3.8, 4) is 5.75 Å². The topological polar surface area (TPSA) is 278 Å². The molecule has 15 nitrogen and oxygen atoms in total. The molecule has 1 aromatic rings. The summed E-state index contributed by atoms with van der Waals surface area (Å²) in [5, 5.41) is 26.0. The van der Waals surface area contributed by atoms with E-state index in [-0.39, 0.29) is 43.3 Å². The number of primary amides is 1. The number of carbonyl (C=O) groups is 5. The Morgan fingerprint density at radius 3 is 1.97 bits per heavy atom. The number of nitrogens with zero attached hydrogens (tertiary/aromatic N) is 1. The van der Waals surface area contributed by atoms with Crippen LogP contribution in [-0.2, 0) is 30.4 Å². The van der Waals surface area contributed by atoms with Crippen LogP contribution in [0.5, 0.6) is 5.75 Å². The average molecular weight is 555 g/mol. The molecule has 38 heavy (non-hydrogen) atoms. The second-order valence-corrected chi connectivity index (χ2v) is 8.67. The van der Waals surface area contributed by atoms with Crippen molar-refractivity contribution in [3.63, 3.8) is 0 Å². The summed E-state index contributed by atoms with van der Waals surface area (Å²) in [5.41, 5.74) is 21.9. The second kappa shape index (κ2) is 15.9. The van der Waals surface area contributed by atoms with Crippen molar-refractivity contribution < 1.29 is 34.2 Å². The molecule has 1 aromatic carbocycles. The van der Waals surface area contributed by atoms with Crippen molar-refractivity contribution in [2.24, 2.45) is 27.9 Å². The third kappa shape index (κ3) is 11.8. The van der Waals surface area contributed by atoms with Crippen LogP contribution in [0.3, 0.4) is 0 Å². The number of rotatable bonds is 16. The first-order chi connectivity index (χ1) is 17.8. The zero-order valence-corrected chi connectivity index (χ0v) is 21.4. The number of nitrogens with one attached hydrogen (secondary N) is 3. The Labute approximate surface area is 224 Å². The molecule has 0 aliphatic carbocycles. The van der Waals surface area contributed by atoms with Crippen molar-refractivity contribution >= 4 is 48.2 Å². The molecule has 16 heteroatoms. The number of carboxylic acid groups (broad SMARTS) is 1. The molecule has 0 aromatic heterocycles. The number of phenols is 1. The molecule has 0 radical (unpaired) electrons. The zero-order chi connectivity index (χ0) is 28.8. The first-order valence-corrected chi connectivity index (χ1v) is 12.1. The first kappa shape index (κ1) is 32.0. The van der Waals surface area contributed by atoms with Gasteiger partial charge < -0.3 is 49.1 Å². The van der Waals surface area contributed by atoms with Crippen LogP contribution in [0.2, 0.25) is 0 Å². The molecule has 0 fully saturated rings. The maximum Gasteiger partial charge on any atom is 0.326 e. The van der Waals surface area contributed by atoms with Gasteiger partial charge in [0.25, 0.3) is 0 Å². The van der Waals surface area contributed by atoms with Gasteiger partial charge in [0.1, 0.15) is 23.9 Å². The van der Waals surface area contributed by atoms with Gasteiger partial charge in [-0.25, -0.2) is 4.79 Å². The number of hydrogen-bond donors (Lipinski definition) is 10. The minimum absolute atomic E-state index is 0.00246. The van der Waals surface area contributed by atoms with E-state index in [1.54, 1.807) is 12.1 Å². The molecule has 4 unspecified atom stereocenters. The molecule has 13 N–H and O–H groups in total. The maximum atomic E-state index is 13.2. The van der Waals surface area contributed by atoms with E-state index in [0.717, 1.165) is 0 Å². The molecule has 210 valence electrons. The average Bonchev–Trinajstić information content (AvgIpc) is 2.84. The number of guanidine groups is 1. The third-order valence-electron chi connectivity index (χ3n) is 5.14. The number of carboxylic acids is 1. The molecular formula is C22H34N8O7S. The Morgan fingerprint density at radius 2 is 1.45 bits per heavy atom.